The monoisotopic (exact) mass is 387 g/mol. The van der Waals surface area contributed by atoms with Crippen molar-refractivity contribution in [1.29, 1.82) is 0 Å². The van der Waals surface area contributed by atoms with Crippen LogP contribution in [0.1, 0.15) is 51.9 Å². The van der Waals surface area contributed by atoms with Gasteiger partial charge in [-0.05, 0) is 48.2 Å². The lowest BCUT2D eigenvalue weighted by Crippen LogP contribution is -2.28. The minimum Gasteiger partial charge on any atom is -0.320 e. The molecule has 5 nitrogen and oxygen atoms in total. The van der Waals surface area contributed by atoms with Gasteiger partial charge in [-0.1, -0.05) is 56.3 Å². The Morgan fingerprint density at radius 3 is 2.24 bits per heavy atom. The fourth-order valence-electron chi connectivity index (χ4n) is 3.14. The minimum absolute atomic E-state index is 0.204. The molecular formula is C24H25N3O2. The summed E-state index contributed by atoms with van der Waals surface area (Å²) >= 11 is 0. The van der Waals surface area contributed by atoms with Crippen LogP contribution in [-0.4, -0.2) is 23.8 Å². The molecule has 0 saturated heterocycles. The predicted molar refractivity (Wildman–Crippen MR) is 117 cm³/mol. The Morgan fingerprint density at radius 2 is 1.55 bits per heavy atom. The molecule has 2 amide bonds. The van der Waals surface area contributed by atoms with E-state index >= 15 is 0 Å². The molecule has 0 bridgehead atoms. The maximum Gasteiger partial charge on any atom is 0.276 e. The van der Waals surface area contributed by atoms with Crippen molar-refractivity contribution < 1.29 is 9.59 Å². The lowest BCUT2D eigenvalue weighted by atomic mass is 9.98. The third-order valence-corrected chi connectivity index (χ3v) is 4.81. The zero-order valence-corrected chi connectivity index (χ0v) is 17.1. The molecule has 0 aliphatic heterocycles. The van der Waals surface area contributed by atoms with Crippen molar-refractivity contribution in [3.63, 3.8) is 0 Å². The van der Waals surface area contributed by atoms with Crippen molar-refractivity contribution in [3.05, 3.63) is 89.2 Å². The third kappa shape index (κ3) is 4.51. The van der Waals surface area contributed by atoms with E-state index < -0.39 is 0 Å². The smallest absolute Gasteiger partial charge is 0.276 e. The number of benzene rings is 2. The Labute approximate surface area is 171 Å². The van der Waals surface area contributed by atoms with Gasteiger partial charge in [-0.25, -0.2) is 4.98 Å². The molecule has 0 atom stereocenters. The molecule has 1 heterocycles. The average Bonchev–Trinajstić information content (AvgIpc) is 2.74. The Kier molecular flexibility index (Phi) is 6.07. The van der Waals surface area contributed by atoms with Gasteiger partial charge >= 0.3 is 0 Å². The molecule has 0 radical (unpaired) electrons. The molecule has 0 fully saturated rings. The first kappa shape index (κ1) is 20.3. The number of hydrogen-bond donors (Lipinski definition) is 1. The van der Waals surface area contributed by atoms with Crippen LogP contribution in [0.15, 0.2) is 66.7 Å². The van der Waals surface area contributed by atoms with Gasteiger partial charge in [0.25, 0.3) is 11.8 Å². The maximum absolute atomic E-state index is 12.9. The van der Waals surface area contributed by atoms with Crippen LogP contribution in [-0.2, 0) is 0 Å². The summed E-state index contributed by atoms with van der Waals surface area (Å²) in [6.45, 7) is 6.13. The van der Waals surface area contributed by atoms with Gasteiger partial charge in [0.15, 0.2) is 0 Å². The van der Waals surface area contributed by atoms with Gasteiger partial charge in [0.2, 0.25) is 0 Å². The van der Waals surface area contributed by atoms with Gasteiger partial charge in [0.1, 0.15) is 11.4 Å². The summed E-state index contributed by atoms with van der Waals surface area (Å²) < 4.78 is 0. The van der Waals surface area contributed by atoms with Crippen molar-refractivity contribution in [3.8, 4) is 0 Å². The second kappa shape index (κ2) is 8.69. The van der Waals surface area contributed by atoms with Crippen LogP contribution in [0, 0.1) is 6.92 Å². The molecule has 0 aliphatic rings. The molecule has 3 aromatic rings. The summed E-state index contributed by atoms with van der Waals surface area (Å²) in [5.41, 5.74) is 4.03. The number of rotatable bonds is 5. The SMILES string of the molecule is Cc1cccc(C(C)C)c1NC(=O)c1cccc(C(=O)N(C)c2ccccc2)n1. The highest BCUT2D eigenvalue weighted by atomic mass is 16.2. The molecule has 148 valence electrons. The number of hydrogen-bond acceptors (Lipinski definition) is 3. The van der Waals surface area contributed by atoms with E-state index in [9.17, 15) is 9.59 Å². The first-order chi connectivity index (χ1) is 13.9. The van der Waals surface area contributed by atoms with E-state index in [1.807, 2.05) is 55.5 Å². The quantitative estimate of drug-likeness (QED) is 0.667. The molecule has 0 aliphatic carbocycles. The molecule has 29 heavy (non-hydrogen) atoms. The first-order valence-corrected chi connectivity index (χ1v) is 9.59. The topological polar surface area (TPSA) is 62.3 Å². The highest BCUT2D eigenvalue weighted by Gasteiger charge is 2.18. The fourth-order valence-corrected chi connectivity index (χ4v) is 3.14. The van der Waals surface area contributed by atoms with Gasteiger partial charge in [0, 0.05) is 18.4 Å². The van der Waals surface area contributed by atoms with Gasteiger partial charge < -0.3 is 10.2 Å². The summed E-state index contributed by atoms with van der Waals surface area (Å²) in [4.78, 5) is 31.5. The van der Waals surface area contributed by atoms with Crippen LogP contribution in [0.2, 0.25) is 0 Å². The van der Waals surface area contributed by atoms with E-state index in [1.54, 1.807) is 25.2 Å². The Bertz CT molecular complexity index is 1030. The predicted octanol–water partition coefficient (Wildman–Crippen LogP) is 5.04. The molecule has 5 heteroatoms. The Hall–Kier alpha value is -3.47. The van der Waals surface area contributed by atoms with E-state index in [0.29, 0.717) is 0 Å². The average molecular weight is 387 g/mol. The van der Waals surface area contributed by atoms with E-state index in [1.165, 1.54) is 4.90 Å². The molecule has 2 aromatic carbocycles. The number of carbonyl (C=O) groups excluding carboxylic acids is 2. The third-order valence-electron chi connectivity index (χ3n) is 4.81. The van der Waals surface area contributed by atoms with Crippen LogP contribution in [0.3, 0.4) is 0 Å². The number of para-hydroxylation sites is 2. The molecule has 1 aromatic heterocycles. The molecule has 0 saturated carbocycles. The number of amides is 2. The first-order valence-electron chi connectivity index (χ1n) is 9.59. The Morgan fingerprint density at radius 1 is 0.897 bits per heavy atom. The highest BCUT2D eigenvalue weighted by molar-refractivity contribution is 6.07. The summed E-state index contributed by atoms with van der Waals surface area (Å²) in [5.74, 6) is -0.339. The number of nitrogens with zero attached hydrogens (tertiary/aromatic N) is 2. The van der Waals surface area contributed by atoms with Crippen LogP contribution < -0.4 is 10.2 Å². The van der Waals surface area contributed by atoms with Crippen LogP contribution >= 0.6 is 0 Å². The van der Waals surface area contributed by atoms with Crippen molar-refractivity contribution in [1.82, 2.24) is 4.98 Å². The van der Waals surface area contributed by atoms with Crippen molar-refractivity contribution >= 4 is 23.2 Å². The summed E-state index contributed by atoms with van der Waals surface area (Å²) in [7, 11) is 1.69. The van der Waals surface area contributed by atoms with E-state index in [4.69, 9.17) is 0 Å². The molecule has 1 N–H and O–H groups in total. The number of anilines is 2. The van der Waals surface area contributed by atoms with Crippen molar-refractivity contribution in [2.75, 3.05) is 17.3 Å². The zero-order chi connectivity index (χ0) is 21.0. The van der Waals surface area contributed by atoms with Crippen molar-refractivity contribution in [2.45, 2.75) is 26.7 Å². The normalized spacial score (nSPS) is 10.7. The Balaban J connectivity index is 1.85. The standard InChI is InChI=1S/C24H25N3O2/c1-16(2)19-13-8-10-17(3)22(19)26-23(28)20-14-9-15-21(25-20)24(29)27(4)18-11-6-5-7-12-18/h5-16H,1-4H3,(H,26,28). The second-order valence-corrected chi connectivity index (χ2v) is 7.26. The maximum atomic E-state index is 12.9. The molecule has 0 unspecified atom stereocenters. The van der Waals surface area contributed by atoms with Gasteiger partial charge in [0.05, 0.1) is 0 Å². The van der Waals surface area contributed by atoms with Crippen LogP contribution in [0.25, 0.3) is 0 Å². The van der Waals surface area contributed by atoms with Gasteiger partial charge in [-0.3, -0.25) is 9.59 Å². The summed E-state index contributed by atoms with van der Waals surface area (Å²) in [5, 5.41) is 2.98. The molecule has 3 rings (SSSR count). The lowest BCUT2D eigenvalue weighted by Gasteiger charge is -2.18. The number of aromatic nitrogens is 1. The highest BCUT2D eigenvalue weighted by Crippen LogP contribution is 2.27. The molecule has 0 spiro atoms. The lowest BCUT2D eigenvalue weighted by molar-refractivity contribution is 0.0988. The zero-order valence-electron chi connectivity index (χ0n) is 17.1. The van der Waals surface area contributed by atoms with E-state index in [0.717, 1.165) is 22.5 Å². The van der Waals surface area contributed by atoms with Crippen LogP contribution in [0.4, 0.5) is 11.4 Å². The largest absolute Gasteiger partial charge is 0.320 e. The summed E-state index contributed by atoms with van der Waals surface area (Å²) in [6, 6.07) is 20.2. The number of pyridine rings is 1. The van der Waals surface area contributed by atoms with Crippen molar-refractivity contribution in [2.24, 2.45) is 0 Å². The van der Waals surface area contributed by atoms with E-state index in [2.05, 4.69) is 24.1 Å². The van der Waals surface area contributed by atoms with E-state index in [-0.39, 0.29) is 29.1 Å². The number of carbonyl (C=O) groups is 2. The fraction of sp³-hybridized carbons (Fsp3) is 0.208. The van der Waals surface area contributed by atoms with Gasteiger partial charge in [-0.2, -0.15) is 0 Å². The number of nitrogens with one attached hydrogen (secondary N) is 1. The number of aryl methyl sites for hydroxylation is 1. The minimum atomic E-state index is -0.335. The van der Waals surface area contributed by atoms with Crippen LogP contribution in [0.5, 0.6) is 0 Å². The summed E-state index contributed by atoms with van der Waals surface area (Å²) in [6.07, 6.45) is 0. The van der Waals surface area contributed by atoms with Gasteiger partial charge in [-0.15, -0.1) is 0 Å². The second-order valence-electron chi connectivity index (χ2n) is 7.26. The molecular weight excluding hydrogens is 362 g/mol.